The summed E-state index contributed by atoms with van der Waals surface area (Å²) < 4.78 is 0.806. The van der Waals surface area contributed by atoms with Crippen LogP contribution in [0.2, 0.25) is 0 Å². The molecule has 2 aliphatic heterocycles. The van der Waals surface area contributed by atoms with Crippen LogP contribution in [0.25, 0.3) is 0 Å². The van der Waals surface area contributed by atoms with Crippen LogP contribution in [0.5, 0.6) is 0 Å². The molecule has 0 saturated carbocycles. The maximum Gasteiger partial charge on any atom is 0.263 e. The van der Waals surface area contributed by atoms with Gasteiger partial charge in [-0.3, -0.25) is 9.69 Å². The van der Waals surface area contributed by atoms with Crippen LogP contribution in [0.15, 0.2) is 95.5 Å². The van der Waals surface area contributed by atoms with Gasteiger partial charge in [-0.1, -0.05) is 86.0 Å². The van der Waals surface area contributed by atoms with Gasteiger partial charge in [0, 0.05) is 21.3 Å². The summed E-state index contributed by atoms with van der Waals surface area (Å²) in [5.41, 5.74) is 8.85. The molecular weight excluding hydrogens is 457 g/mol. The monoisotopic (exact) mass is 477 g/mol. The second-order valence-electron chi connectivity index (χ2n) is 9.06. The van der Waals surface area contributed by atoms with Gasteiger partial charge in [0.2, 0.25) is 6.71 Å². The van der Waals surface area contributed by atoms with E-state index in [1.165, 1.54) is 27.5 Å². The molecule has 4 heteroatoms. The van der Waals surface area contributed by atoms with E-state index in [4.69, 9.17) is 0 Å². The minimum Gasteiger partial charge on any atom is -0.278 e. The van der Waals surface area contributed by atoms with Gasteiger partial charge in [-0.25, -0.2) is 0 Å². The Morgan fingerprint density at radius 3 is 2.19 bits per heavy atom. The minimum atomic E-state index is -0.146. The number of hydrogen-bond acceptors (Lipinski definition) is 1. The van der Waals surface area contributed by atoms with E-state index in [9.17, 15) is 4.79 Å². The molecule has 0 spiro atoms. The zero-order valence-electron chi connectivity index (χ0n) is 18.0. The normalized spacial score (nSPS) is 15.0. The molecule has 0 N–H and O–H groups in total. The quantitative estimate of drug-likeness (QED) is 0.357. The standard InChI is InChI=1S/C28H21BBrNO/c1-28(2)19-11-4-5-13-21(19)29-22-14-6-8-16-24(22)31(25-17-9-12-20(28)26(25)29)27(32)18-10-3-7-15-23(18)30/h3-17H,1-2H3. The molecule has 0 aromatic heterocycles. The topological polar surface area (TPSA) is 20.3 Å². The summed E-state index contributed by atoms with van der Waals surface area (Å²) in [5, 5.41) is 0. The summed E-state index contributed by atoms with van der Waals surface area (Å²) in [6, 6.07) is 31.2. The molecule has 0 fully saturated rings. The zero-order valence-corrected chi connectivity index (χ0v) is 19.6. The summed E-state index contributed by atoms with van der Waals surface area (Å²) in [7, 11) is 0. The number of benzene rings is 4. The van der Waals surface area contributed by atoms with Crippen molar-refractivity contribution in [3.63, 3.8) is 0 Å². The van der Waals surface area contributed by atoms with Gasteiger partial charge in [0.05, 0.1) is 5.56 Å². The highest BCUT2D eigenvalue weighted by Gasteiger charge is 2.46. The van der Waals surface area contributed by atoms with E-state index >= 15 is 0 Å². The number of amides is 1. The van der Waals surface area contributed by atoms with Crippen LogP contribution in [0.4, 0.5) is 11.4 Å². The molecule has 0 saturated heterocycles. The van der Waals surface area contributed by atoms with Gasteiger partial charge in [-0.05, 0) is 62.2 Å². The Bertz CT molecular complexity index is 1410. The average Bonchev–Trinajstić information content (AvgIpc) is 2.81. The third kappa shape index (κ3) is 2.56. The number of carbonyl (C=O) groups is 1. The lowest BCUT2D eigenvalue weighted by Crippen LogP contribution is -2.64. The first kappa shape index (κ1) is 19.6. The van der Waals surface area contributed by atoms with E-state index in [0.717, 1.165) is 15.8 Å². The van der Waals surface area contributed by atoms with Gasteiger partial charge in [-0.2, -0.15) is 0 Å². The smallest absolute Gasteiger partial charge is 0.263 e. The minimum absolute atomic E-state index is 0.0200. The largest absolute Gasteiger partial charge is 0.278 e. The van der Waals surface area contributed by atoms with Crippen LogP contribution >= 0.6 is 15.9 Å². The van der Waals surface area contributed by atoms with Gasteiger partial charge in [-0.15, -0.1) is 0 Å². The van der Waals surface area contributed by atoms with Gasteiger partial charge in [0.15, 0.2) is 0 Å². The molecule has 0 aliphatic carbocycles. The number of anilines is 2. The van der Waals surface area contributed by atoms with Crippen molar-refractivity contribution in [3.05, 3.63) is 112 Å². The van der Waals surface area contributed by atoms with Gasteiger partial charge in [0.1, 0.15) is 0 Å². The highest BCUT2D eigenvalue weighted by atomic mass is 79.9. The second-order valence-corrected chi connectivity index (χ2v) is 9.92. The fourth-order valence-corrected chi connectivity index (χ4v) is 6.03. The number of para-hydroxylation sites is 1. The molecule has 0 bridgehead atoms. The Morgan fingerprint density at radius 1 is 0.750 bits per heavy atom. The second kappa shape index (κ2) is 6.95. The maximum atomic E-state index is 14.0. The van der Waals surface area contributed by atoms with Crippen LogP contribution in [-0.2, 0) is 5.41 Å². The summed E-state index contributed by atoms with van der Waals surface area (Å²) in [5.74, 6) is -0.0200. The highest BCUT2D eigenvalue weighted by molar-refractivity contribution is 9.10. The molecular formula is C28H21BBrNO. The molecule has 4 aromatic rings. The SMILES string of the molecule is CC1(C)c2ccccc2B2c3ccccc3N(C(=O)c3ccccc3Br)c3cccc1c32. The van der Waals surface area contributed by atoms with E-state index in [1.807, 2.05) is 35.2 Å². The van der Waals surface area contributed by atoms with Crippen LogP contribution in [0.3, 0.4) is 0 Å². The molecule has 0 atom stereocenters. The number of rotatable bonds is 1. The molecule has 32 heavy (non-hydrogen) atoms. The van der Waals surface area contributed by atoms with Crippen molar-refractivity contribution >= 4 is 56.3 Å². The van der Waals surface area contributed by atoms with Crippen molar-refractivity contribution in [2.75, 3.05) is 4.90 Å². The molecule has 6 rings (SSSR count). The molecule has 4 aromatic carbocycles. The molecule has 154 valence electrons. The summed E-state index contributed by atoms with van der Waals surface area (Å²) >= 11 is 3.59. The van der Waals surface area contributed by atoms with E-state index in [2.05, 4.69) is 90.4 Å². The molecule has 2 nitrogen and oxygen atoms in total. The molecule has 0 radical (unpaired) electrons. The van der Waals surface area contributed by atoms with E-state index < -0.39 is 0 Å². The van der Waals surface area contributed by atoms with Crippen molar-refractivity contribution < 1.29 is 4.79 Å². The van der Waals surface area contributed by atoms with Crippen LogP contribution in [0.1, 0.15) is 35.3 Å². The average molecular weight is 478 g/mol. The van der Waals surface area contributed by atoms with Crippen LogP contribution < -0.4 is 21.3 Å². The lowest BCUT2D eigenvalue weighted by atomic mass is 9.30. The number of fused-ring (bicyclic) bond motifs is 4. The van der Waals surface area contributed by atoms with E-state index in [1.54, 1.807) is 0 Å². The van der Waals surface area contributed by atoms with Crippen molar-refractivity contribution in [3.8, 4) is 0 Å². The molecule has 2 heterocycles. The predicted molar refractivity (Wildman–Crippen MR) is 137 cm³/mol. The summed E-state index contributed by atoms with van der Waals surface area (Å²) in [4.78, 5) is 15.9. The Morgan fingerprint density at radius 2 is 1.38 bits per heavy atom. The molecule has 2 aliphatic rings. The van der Waals surface area contributed by atoms with Crippen molar-refractivity contribution in [1.29, 1.82) is 0 Å². The highest BCUT2D eigenvalue weighted by Crippen LogP contribution is 2.39. The molecule has 0 unspecified atom stereocenters. The Labute approximate surface area is 197 Å². The summed E-state index contributed by atoms with van der Waals surface area (Å²) in [6.45, 7) is 4.70. The Kier molecular flexibility index (Phi) is 4.25. The van der Waals surface area contributed by atoms with Crippen molar-refractivity contribution in [1.82, 2.24) is 0 Å². The lowest BCUT2D eigenvalue weighted by Gasteiger charge is -2.44. The fraction of sp³-hybridized carbons (Fsp3) is 0.107. The van der Waals surface area contributed by atoms with Crippen LogP contribution in [-0.4, -0.2) is 12.6 Å². The number of nitrogens with zero attached hydrogens (tertiary/aromatic N) is 1. The Balaban J connectivity index is 1.68. The Hall–Kier alpha value is -3.11. The fourth-order valence-electron chi connectivity index (χ4n) is 5.58. The first-order chi connectivity index (χ1) is 15.5. The van der Waals surface area contributed by atoms with Crippen LogP contribution in [0, 0.1) is 0 Å². The predicted octanol–water partition coefficient (Wildman–Crippen LogP) is 4.90. The number of hydrogen-bond donors (Lipinski definition) is 0. The zero-order chi connectivity index (χ0) is 22.0. The molecule has 1 amide bonds. The third-order valence-corrected chi connectivity index (χ3v) is 7.72. The van der Waals surface area contributed by atoms with Gasteiger partial charge >= 0.3 is 0 Å². The number of halogens is 1. The first-order valence-electron chi connectivity index (χ1n) is 10.9. The van der Waals surface area contributed by atoms with Crippen molar-refractivity contribution in [2.45, 2.75) is 19.3 Å². The lowest BCUT2D eigenvalue weighted by molar-refractivity contribution is 0.0998. The van der Waals surface area contributed by atoms with E-state index in [0.29, 0.717) is 5.56 Å². The van der Waals surface area contributed by atoms with Crippen molar-refractivity contribution in [2.24, 2.45) is 0 Å². The van der Waals surface area contributed by atoms with Gasteiger partial charge < -0.3 is 0 Å². The first-order valence-corrected chi connectivity index (χ1v) is 11.7. The third-order valence-electron chi connectivity index (χ3n) is 7.03. The summed E-state index contributed by atoms with van der Waals surface area (Å²) in [6.07, 6.45) is 0. The van der Waals surface area contributed by atoms with E-state index in [-0.39, 0.29) is 18.0 Å². The number of carbonyl (C=O) groups excluding carboxylic acids is 1. The maximum absolute atomic E-state index is 14.0. The van der Waals surface area contributed by atoms with Gasteiger partial charge in [0.25, 0.3) is 5.91 Å².